The van der Waals surface area contributed by atoms with Gasteiger partial charge in [0, 0.05) is 56.5 Å². The zero-order chi connectivity index (χ0) is 22.5. The maximum atomic E-state index is 12.9. The molecular weight excluding hydrogens is 414 g/mol. The number of benzene rings is 2. The summed E-state index contributed by atoms with van der Waals surface area (Å²) in [6.45, 7) is 6.07. The van der Waals surface area contributed by atoms with Gasteiger partial charge in [-0.2, -0.15) is 0 Å². The maximum absolute atomic E-state index is 12.9. The van der Waals surface area contributed by atoms with E-state index < -0.39 is 0 Å². The minimum absolute atomic E-state index is 0.00275. The molecule has 2 amide bonds. The Morgan fingerprint density at radius 1 is 0.968 bits per heavy atom. The molecule has 6 nitrogen and oxygen atoms in total. The van der Waals surface area contributed by atoms with Gasteiger partial charge in [0.15, 0.2) is 6.61 Å². The summed E-state index contributed by atoms with van der Waals surface area (Å²) < 4.78 is 5.72. The minimum atomic E-state index is -0.0742. The first-order valence-electron chi connectivity index (χ1n) is 10.5. The fourth-order valence-electron chi connectivity index (χ4n) is 3.68. The van der Waals surface area contributed by atoms with E-state index in [0.29, 0.717) is 42.5 Å². The highest BCUT2D eigenvalue weighted by Gasteiger charge is 2.23. The number of halogens is 1. The van der Waals surface area contributed by atoms with Gasteiger partial charge < -0.3 is 19.4 Å². The van der Waals surface area contributed by atoms with Crippen LogP contribution in [0.4, 0.5) is 5.69 Å². The van der Waals surface area contributed by atoms with Gasteiger partial charge in [-0.15, -0.1) is 0 Å². The van der Waals surface area contributed by atoms with Gasteiger partial charge in [0.05, 0.1) is 0 Å². The summed E-state index contributed by atoms with van der Waals surface area (Å²) in [5, 5.41) is 0.715. The van der Waals surface area contributed by atoms with Crippen LogP contribution in [0.2, 0.25) is 5.02 Å². The van der Waals surface area contributed by atoms with Crippen LogP contribution in [0.3, 0.4) is 0 Å². The number of nitrogens with zero attached hydrogens (tertiary/aromatic N) is 3. The van der Waals surface area contributed by atoms with E-state index in [4.69, 9.17) is 16.3 Å². The van der Waals surface area contributed by atoms with Gasteiger partial charge in [0.2, 0.25) is 0 Å². The summed E-state index contributed by atoms with van der Waals surface area (Å²) in [4.78, 5) is 31.2. The van der Waals surface area contributed by atoms with Gasteiger partial charge in [-0.25, -0.2) is 0 Å². The Bertz CT molecular complexity index is 921. The summed E-state index contributed by atoms with van der Waals surface area (Å²) >= 11 is 6.19. The van der Waals surface area contributed by atoms with Gasteiger partial charge in [-0.05, 0) is 67.8 Å². The van der Waals surface area contributed by atoms with Crippen LogP contribution in [-0.4, -0.2) is 68.5 Å². The lowest BCUT2D eigenvalue weighted by Crippen LogP contribution is -2.39. The van der Waals surface area contributed by atoms with Crippen molar-refractivity contribution in [3.63, 3.8) is 0 Å². The molecule has 0 aliphatic carbocycles. The predicted molar refractivity (Wildman–Crippen MR) is 124 cm³/mol. The van der Waals surface area contributed by atoms with Crippen LogP contribution in [0.15, 0.2) is 36.4 Å². The lowest BCUT2D eigenvalue weighted by atomic mass is 10.1. The molecule has 1 heterocycles. The Labute approximate surface area is 189 Å². The first-order valence-corrected chi connectivity index (χ1v) is 10.9. The Kier molecular flexibility index (Phi) is 7.44. The standard InChI is InChI=1S/C24H30ClN3O3/c1-17-14-21(15-18(2)23(17)25)31-16-22(29)27-10-5-11-28(13-12-27)24(30)19-6-8-20(9-7-19)26(3)4/h6-9,14-15H,5,10-13,16H2,1-4H3. The number of aryl methyl sites for hydroxylation is 2. The second-order valence-corrected chi connectivity index (χ2v) is 8.51. The van der Waals surface area contributed by atoms with Crippen LogP contribution < -0.4 is 9.64 Å². The molecule has 3 rings (SSSR count). The number of anilines is 1. The van der Waals surface area contributed by atoms with Crippen molar-refractivity contribution in [3.05, 3.63) is 58.1 Å². The van der Waals surface area contributed by atoms with E-state index in [1.807, 2.05) is 74.1 Å². The highest BCUT2D eigenvalue weighted by molar-refractivity contribution is 6.32. The molecule has 2 aromatic rings. The molecule has 1 saturated heterocycles. The van der Waals surface area contributed by atoms with Gasteiger partial charge in [-0.3, -0.25) is 9.59 Å². The van der Waals surface area contributed by atoms with Crippen LogP contribution in [-0.2, 0) is 4.79 Å². The number of rotatable bonds is 5. The lowest BCUT2D eigenvalue weighted by molar-refractivity contribution is -0.133. The van der Waals surface area contributed by atoms with Gasteiger partial charge in [0.1, 0.15) is 5.75 Å². The fourth-order valence-corrected chi connectivity index (χ4v) is 3.79. The molecule has 0 N–H and O–H groups in total. The van der Waals surface area contributed by atoms with Crippen molar-refractivity contribution in [1.29, 1.82) is 0 Å². The van der Waals surface area contributed by atoms with E-state index in [1.165, 1.54) is 0 Å². The molecule has 1 aliphatic rings. The SMILES string of the molecule is Cc1cc(OCC(=O)N2CCCN(C(=O)c3ccc(N(C)C)cc3)CC2)cc(C)c1Cl. The molecule has 0 bridgehead atoms. The Balaban J connectivity index is 1.55. The first kappa shape index (κ1) is 22.9. The van der Waals surface area contributed by atoms with E-state index >= 15 is 0 Å². The number of carbonyl (C=O) groups excluding carboxylic acids is 2. The largest absolute Gasteiger partial charge is 0.484 e. The van der Waals surface area contributed by atoms with Gasteiger partial charge in [-0.1, -0.05) is 11.6 Å². The average Bonchev–Trinajstić information content (AvgIpc) is 3.01. The molecule has 0 atom stereocenters. The third kappa shape index (κ3) is 5.70. The van der Waals surface area contributed by atoms with Crippen LogP contribution in [0, 0.1) is 13.8 Å². The highest BCUT2D eigenvalue weighted by atomic mass is 35.5. The number of hydrogen-bond acceptors (Lipinski definition) is 4. The van der Waals surface area contributed by atoms with Crippen molar-refractivity contribution in [1.82, 2.24) is 9.80 Å². The Morgan fingerprint density at radius 2 is 1.55 bits per heavy atom. The molecule has 0 aromatic heterocycles. The number of amides is 2. The smallest absolute Gasteiger partial charge is 0.260 e. The van der Waals surface area contributed by atoms with E-state index in [9.17, 15) is 9.59 Å². The van der Waals surface area contributed by atoms with Crippen LogP contribution >= 0.6 is 11.6 Å². The number of carbonyl (C=O) groups is 2. The summed E-state index contributed by atoms with van der Waals surface area (Å²) in [5.41, 5.74) is 3.57. The zero-order valence-electron chi connectivity index (χ0n) is 18.7. The van der Waals surface area contributed by atoms with E-state index in [0.717, 1.165) is 23.2 Å². The van der Waals surface area contributed by atoms with Gasteiger partial charge in [0.25, 0.3) is 11.8 Å². The van der Waals surface area contributed by atoms with Crippen molar-refractivity contribution in [2.24, 2.45) is 0 Å². The molecule has 1 fully saturated rings. The van der Waals surface area contributed by atoms with E-state index in [-0.39, 0.29) is 18.4 Å². The molecule has 7 heteroatoms. The van der Waals surface area contributed by atoms with Crippen molar-refractivity contribution in [2.75, 3.05) is 51.8 Å². The predicted octanol–water partition coefficient (Wildman–Crippen LogP) is 3.78. The Hall–Kier alpha value is -2.73. The lowest BCUT2D eigenvalue weighted by Gasteiger charge is -2.23. The Morgan fingerprint density at radius 3 is 2.16 bits per heavy atom. The van der Waals surface area contributed by atoms with E-state index in [1.54, 1.807) is 4.90 Å². The summed E-state index contributed by atoms with van der Waals surface area (Å²) in [7, 11) is 3.94. The summed E-state index contributed by atoms with van der Waals surface area (Å²) in [6.07, 6.45) is 0.742. The first-order chi connectivity index (χ1) is 14.8. The molecule has 31 heavy (non-hydrogen) atoms. The van der Waals surface area contributed by atoms with Crippen LogP contribution in [0.5, 0.6) is 5.75 Å². The topological polar surface area (TPSA) is 53.1 Å². The number of ether oxygens (including phenoxy) is 1. The molecule has 2 aromatic carbocycles. The molecule has 0 radical (unpaired) electrons. The molecule has 0 unspecified atom stereocenters. The van der Waals surface area contributed by atoms with Crippen LogP contribution in [0.25, 0.3) is 0 Å². The average molecular weight is 444 g/mol. The molecular formula is C24H30ClN3O3. The fraction of sp³-hybridized carbons (Fsp3) is 0.417. The third-order valence-electron chi connectivity index (χ3n) is 5.54. The van der Waals surface area contributed by atoms with E-state index in [2.05, 4.69) is 0 Å². The third-order valence-corrected chi connectivity index (χ3v) is 6.13. The zero-order valence-corrected chi connectivity index (χ0v) is 19.4. The monoisotopic (exact) mass is 443 g/mol. The molecule has 166 valence electrons. The van der Waals surface area contributed by atoms with Gasteiger partial charge >= 0.3 is 0 Å². The quantitative estimate of drug-likeness (QED) is 0.705. The minimum Gasteiger partial charge on any atom is -0.484 e. The summed E-state index contributed by atoms with van der Waals surface area (Å²) in [6, 6.07) is 11.3. The molecule has 1 aliphatic heterocycles. The van der Waals surface area contributed by atoms with Crippen molar-refractivity contribution in [2.45, 2.75) is 20.3 Å². The van der Waals surface area contributed by atoms with Crippen molar-refractivity contribution < 1.29 is 14.3 Å². The van der Waals surface area contributed by atoms with Crippen molar-refractivity contribution in [3.8, 4) is 5.75 Å². The molecule has 0 saturated carbocycles. The maximum Gasteiger partial charge on any atom is 0.260 e. The summed E-state index contributed by atoms with van der Waals surface area (Å²) in [5.74, 6) is 0.568. The second kappa shape index (κ2) is 10.1. The van der Waals surface area contributed by atoms with Crippen LogP contribution in [0.1, 0.15) is 27.9 Å². The second-order valence-electron chi connectivity index (χ2n) is 8.13. The number of hydrogen-bond donors (Lipinski definition) is 0. The molecule has 0 spiro atoms. The van der Waals surface area contributed by atoms with Crippen molar-refractivity contribution >= 4 is 29.1 Å². The highest BCUT2D eigenvalue weighted by Crippen LogP contribution is 2.26. The normalized spacial score (nSPS) is 14.2.